The Labute approximate surface area is 157 Å². The van der Waals surface area contributed by atoms with Crippen LogP contribution in [0.3, 0.4) is 0 Å². The topological polar surface area (TPSA) is 15.7 Å². The van der Waals surface area contributed by atoms with E-state index < -0.39 is 0 Å². The maximum Gasteiger partial charge on any atom is 0.118 e. The molecule has 2 aromatic rings. The highest BCUT2D eigenvalue weighted by atomic mass is 16.5. The third-order valence-corrected chi connectivity index (χ3v) is 6.31. The Morgan fingerprint density at radius 1 is 0.769 bits per heavy atom. The molecular weight excluding hydrogens is 320 g/mol. The van der Waals surface area contributed by atoms with Crippen LogP contribution in [0.15, 0.2) is 54.6 Å². The number of hydrogen-bond donors (Lipinski definition) is 0. The Morgan fingerprint density at radius 2 is 1.42 bits per heavy atom. The number of rotatable bonds is 4. The second-order valence-corrected chi connectivity index (χ2v) is 7.63. The molecule has 1 aliphatic heterocycles. The zero-order valence-corrected chi connectivity index (χ0v) is 15.9. The highest BCUT2D eigenvalue weighted by Gasteiger charge is 2.40. The number of anilines is 1. The lowest BCUT2D eigenvalue weighted by Gasteiger charge is -2.50. The molecule has 1 aliphatic carbocycles. The van der Waals surface area contributed by atoms with E-state index in [1.807, 2.05) is 0 Å². The number of nitrogens with zero attached hydrogens (tertiary/aromatic N) is 2. The van der Waals surface area contributed by atoms with Crippen molar-refractivity contribution in [3.63, 3.8) is 0 Å². The van der Waals surface area contributed by atoms with Gasteiger partial charge in [-0.3, -0.25) is 4.90 Å². The molecule has 2 aliphatic rings. The molecule has 1 saturated heterocycles. The fraction of sp³-hybridized carbons (Fsp3) is 0.478. The molecule has 1 saturated carbocycles. The molecule has 0 bridgehead atoms. The van der Waals surface area contributed by atoms with Crippen LogP contribution in [0.4, 0.5) is 5.69 Å². The van der Waals surface area contributed by atoms with Crippen molar-refractivity contribution in [3.8, 4) is 5.75 Å². The van der Waals surface area contributed by atoms with Crippen LogP contribution >= 0.6 is 0 Å². The third-order valence-electron chi connectivity index (χ3n) is 6.31. The molecule has 0 radical (unpaired) electrons. The van der Waals surface area contributed by atoms with Gasteiger partial charge in [-0.05, 0) is 42.7 Å². The quantitative estimate of drug-likeness (QED) is 0.796. The largest absolute Gasteiger partial charge is 0.497 e. The van der Waals surface area contributed by atoms with Gasteiger partial charge in [-0.2, -0.15) is 0 Å². The highest BCUT2D eigenvalue weighted by Crippen LogP contribution is 2.43. The van der Waals surface area contributed by atoms with E-state index in [1.54, 1.807) is 7.11 Å². The summed E-state index contributed by atoms with van der Waals surface area (Å²) in [4.78, 5) is 5.30. The van der Waals surface area contributed by atoms with Gasteiger partial charge in [-0.25, -0.2) is 0 Å². The summed E-state index contributed by atoms with van der Waals surface area (Å²) in [5, 5.41) is 0. The van der Waals surface area contributed by atoms with Crippen molar-refractivity contribution in [2.24, 2.45) is 0 Å². The molecule has 3 nitrogen and oxygen atoms in total. The van der Waals surface area contributed by atoms with Gasteiger partial charge in [0.2, 0.25) is 0 Å². The van der Waals surface area contributed by atoms with Crippen molar-refractivity contribution in [3.05, 3.63) is 60.2 Å². The van der Waals surface area contributed by atoms with Gasteiger partial charge in [-0.1, -0.05) is 49.6 Å². The number of benzene rings is 2. The molecule has 0 N–H and O–H groups in total. The van der Waals surface area contributed by atoms with Gasteiger partial charge in [0.15, 0.2) is 0 Å². The van der Waals surface area contributed by atoms with E-state index in [0.29, 0.717) is 0 Å². The minimum Gasteiger partial charge on any atom is -0.497 e. The first-order chi connectivity index (χ1) is 12.8. The van der Waals surface area contributed by atoms with Crippen molar-refractivity contribution in [2.75, 3.05) is 38.2 Å². The van der Waals surface area contributed by atoms with Crippen molar-refractivity contribution in [2.45, 2.75) is 37.6 Å². The maximum absolute atomic E-state index is 5.38. The van der Waals surface area contributed by atoms with E-state index in [4.69, 9.17) is 4.74 Å². The first-order valence-corrected chi connectivity index (χ1v) is 10.0. The number of hydrogen-bond acceptors (Lipinski definition) is 3. The summed E-state index contributed by atoms with van der Waals surface area (Å²) in [5.41, 5.74) is 3.05. The summed E-state index contributed by atoms with van der Waals surface area (Å²) in [6.45, 7) is 4.51. The van der Waals surface area contributed by atoms with Crippen molar-refractivity contribution in [1.29, 1.82) is 0 Å². The Balaban J connectivity index is 1.54. The van der Waals surface area contributed by atoms with E-state index >= 15 is 0 Å². The summed E-state index contributed by atoms with van der Waals surface area (Å²) in [5.74, 6) is 0.952. The van der Waals surface area contributed by atoms with Gasteiger partial charge < -0.3 is 9.64 Å². The zero-order chi connectivity index (χ0) is 17.8. The average Bonchev–Trinajstić information content (AvgIpc) is 2.75. The molecule has 1 heterocycles. The minimum atomic E-state index is 0.216. The number of ether oxygens (including phenoxy) is 1. The molecule has 0 spiro atoms. The Hall–Kier alpha value is -2.00. The van der Waals surface area contributed by atoms with Gasteiger partial charge in [0.25, 0.3) is 0 Å². The Kier molecular flexibility index (Phi) is 5.16. The Morgan fingerprint density at radius 3 is 2.04 bits per heavy atom. The molecular formula is C23H30N2O. The summed E-state index contributed by atoms with van der Waals surface area (Å²) in [6, 6.07) is 19.7. The fourth-order valence-electron chi connectivity index (χ4n) is 4.86. The van der Waals surface area contributed by atoms with Gasteiger partial charge in [0.05, 0.1) is 7.11 Å². The minimum absolute atomic E-state index is 0.216. The van der Waals surface area contributed by atoms with Crippen LogP contribution in [-0.2, 0) is 5.54 Å². The second-order valence-electron chi connectivity index (χ2n) is 7.63. The van der Waals surface area contributed by atoms with E-state index in [9.17, 15) is 0 Å². The standard InChI is InChI=1S/C23H30N2O/c1-26-22-12-10-20(11-13-22)23(14-6-3-7-15-23)25-18-16-24(17-19-25)21-8-4-2-5-9-21/h2,4-5,8-13H,3,6-7,14-19H2,1H3. The van der Waals surface area contributed by atoms with Crippen LogP contribution in [0.25, 0.3) is 0 Å². The summed E-state index contributed by atoms with van der Waals surface area (Å²) < 4.78 is 5.38. The molecule has 0 amide bonds. The second kappa shape index (κ2) is 7.71. The smallest absolute Gasteiger partial charge is 0.118 e. The maximum atomic E-state index is 5.38. The summed E-state index contributed by atoms with van der Waals surface area (Å²) in [6.07, 6.45) is 6.62. The lowest BCUT2D eigenvalue weighted by atomic mass is 9.75. The van der Waals surface area contributed by atoms with Crippen molar-refractivity contribution >= 4 is 5.69 Å². The molecule has 0 atom stereocenters. The van der Waals surface area contributed by atoms with Crippen LogP contribution in [0.2, 0.25) is 0 Å². The predicted octanol–water partition coefficient (Wildman–Crippen LogP) is 4.68. The van der Waals surface area contributed by atoms with E-state index in [-0.39, 0.29) is 5.54 Å². The van der Waals surface area contributed by atoms with Crippen LogP contribution in [0, 0.1) is 0 Å². The van der Waals surface area contributed by atoms with Crippen molar-refractivity contribution in [1.82, 2.24) is 4.90 Å². The van der Waals surface area contributed by atoms with Gasteiger partial charge in [0, 0.05) is 37.4 Å². The zero-order valence-electron chi connectivity index (χ0n) is 15.9. The number of methoxy groups -OCH3 is 1. The SMILES string of the molecule is COc1ccc(C2(N3CCN(c4ccccc4)CC3)CCCCC2)cc1. The monoisotopic (exact) mass is 350 g/mol. The molecule has 4 rings (SSSR count). The first-order valence-electron chi connectivity index (χ1n) is 10.0. The molecule has 138 valence electrons. The molecule has 0 unspecified atom stereocenters. The van der Waals surface area contributed by atoms with Crippen LogP contribution in [0.5, 0.6) is 5.75 Å². The average molecular weight is 351 g/mol. The van der Waals surface area contributed by atoms with Crippen molar-refractivity contribution < 1.29 is 4.74 Å². The highest BCUT2D eigenvalue weighted by molar-refractivity contribution is 5.46. The van der Waals surface area contributed by atoms with Crippen LogP contribution in [0.1, 0.15) is 37.7 Å². The molecule has 3 heteroatoms. The van der Waals surface area contributed by atoms with Crippen LogP contribution < -0.4 is 9.64 Å². The van der Waals surface area contributed by atoms with Gasteiger partial charge in [-0.15, -0.1) is 0 Å². The molecule has 2 fully saturated rings. The predicted molar refractivity (Wildman–Crippen MR) is 108 cm³/mol. The van der Waals surface area contributed by atoms with E-state index in [0.717, 1.165) is 31.9 Å². The van der Waals surface area contributed by atoms with Gasteiger partial charge in [0.1, 0.15) is 5.75 Å². The van der Waals surface area contributed by atoms with E-state index in [1.165, 1.54) is 43.4 Å². The number of para-hydroxylation sites is 1. The first kappa shape index (κ1) is 17.4. The number of piperazine rings is 1. The van der Waals surface area contributed by atoms with E-state index in [2.05, 4.69) is 64.4 Å². The molecule has 2 aromatic carbocycles. The fourth-order valence-corrected chi connectivity index (χ4v) is 4.86. The van der Waals surface area contributed by atoms with Crippen LogP contribution in [-0.4, -0.2) is 38.2 Å². The van der Waals surface area contributed by atoms with Gasteiger partial charge >= 0.3 is 0 Å². The lowest BCUT2D eigenvalue weighted by molar-refractivity contribution is 0.0416. The normalized spacial score (nSPS) is 20.7. The molecule has 0 aromatic heterocycles. The third kappa shape index (κ3) is 3.33. The summed E-state index contributed by atoms with van der Waals surface area (Å²) in [7, 11) is 1.74. The lowest BCUT2D eigenvalue weighted by Crippen LogP contribution is -2.56. The molecule has 26 heavy (non-hydrogen) atoms. The summed E-state index contributed by atoms with van der Waals surface area (Å²) >= 11 is 0. The Bertz CT molecular complexity index is 684.